The van der Waals surface area contributed by atoms with Gasteiger partial charge < -0.3 is 5.73 Å². The summed E-state index contributed by atoms with van der Waals surface area (Å²) in [6.45, 7) is 13.9. The number of aromatic nitrogens is 2. The lowest BCUT2D eigenvalue weighted by molar-refractivity contribution is 0.159. The van der Waals surface area contributed by atoms with Crippen molar-refractivity contribution in [3.63, 3.8) is 0 Å². The second kappa shape index (κ2) is 7.06. The van der Waals surface area contributed by atoms with E-state index in [-0.39, 0.29) is 6.04 Å². The Morgan fingerprint density at radius 2 is 1.74 bits per heavy atom. The Bertz CT molecular complexity index is 371. The molecule has 110 valence electrons. The molecule has 1 heterocycles. The van der Waals surface area contributed by atoms with Crippen LogP contribution in [-0.2, 0) is 7.05 Å². The minimum Gasteiger partial charge on any atom is -0.329 e. The minimum atomic E-state index is 0.276. The van der Waals surface area contributed by atoms with Crippen LogP contribution in [0, 0.1) is 18.8 Å². The van der Waals surface area contributed by atoms with Gasteiger partial charge in [0.15, 0.2) is 0 Å². The summed E-state index contributed by atoms with van der Waals surface area (Å²) >= 11 is 0. The molecular weight excluding hydrogens is 236 g/mol. The summed E-state index contributed by atoms with van der Waals surface area (Å²) in [4.78, 5) is 2.51. The lowest BCUT2D eigenvalue weighted by Gasteiger charge is -2.33. The van der Waals surface area contributed by atoms with Crippen LogP contribution in [0.4, 0.5) is 0 Å². The summed E-state index contributed by atoms with van der Waals surface area (Å²) < 4.78 is 1.89. The maximum absolute atomic E-state index is 6.06. The van der Waals surface area contributed by atoms with Crippen molar-refractivity contribution in [3.8, 4) is 0 Å². The fraction of sp³-hybridized carbons (Fsp3) is 0.800. The van der Waals surface area contributed by atoms with E-state index in [4.69, 9.17) is 5.73 Å². The average molecular weight is 266 g/mol. The molecule has 2 N–H and O–H groups in total. The van der Waals surface area contributed by atoms with Gasteiger partial charge in [0, 0.05) is 38.4 Å². The second-order valence-corrected chi connectivity index (χ2v) is 6.34. The van der Waals surface area contributed by atoms with E-state index in [1.165, 1.54) is 5.56 Å². The van der Waals surface area contributed by atoms with Gasteiger partial charge >= 0.3 is 0 Å². The highest BCUT2D eigenvalue weighted by Gasteiger charge is 2.23. The predicted octanol–water partition coefficient (Wildman–Crippen LogP) is 2.34. The van der Waals surface area contributed by atoms with Gasteiger partial charge in [0.1, 0.15) is 0 Å². The zero-order valence-corrected chi connectivity index (χ0v) is 13.3. The van der Waals surface area contributed by atoms with Crippen LogP contribution in [0.25, 0.3) is 0 Å². The monoisotopic (exact) mass is 266 g/mol. The minimum absolute atomic E-state index is 0.276. The van der Waals surface area contributed by atoms with Crippen LogP contribution in [0.2, 0.25) is 0 Å². The summed E-state index contributed by atoms with van der Waals surface area (Å²) in [5, 5.41) is 4.46. The van der Waals surface area contributed by atoms with E-state index in [0.717, 1.165) is 18.8 Å². The first-order valence-electron chi connectivity index (χ1n) is 7.29. The molecule has 19 heavy (non-hydrogen) atoms. The standard InChI is InChI=1S/C15H30N4/c1-11(2)8-19(9-12(3)4)15(7-16)14-10-18(6)17-13(14)5/h10-12,15H,7-9,16H2,1-6H3. The van der Waals surface area contributed by atoms with Crippen molar-refractivity contribution < 1.29 is 0 Å². The molecule has 0 aliphatic heterocycles. The molecule has 0 aliphatic rings. The summed E-state index contributed by atoms with van der Waals surface area (Å²) in [6, 6.07) is 0.276. The third kappa shape index (κ3) is 4.62. The van der Waals surface area contributed by atoms with Gasteiger partial charge in [0.2, 0.25) is 0 Å². The maximum Gasteiger partial charge on any atom is 0.0641 e. The third-order valence-electron chi connectivity index (χ3n) is 3.27. The lowest BCUT2D eigenvalue weighted by atomic mass is 10.0. The topological polar surface area (TPSA) is 47.1 Å². The van der Waals surface area contributed by atoms with Crippen molar-refractivity contribution in [2.75, 3.05) is 19.6 Å². The van der Waals surface area contributed by atoms with Crippen LogP contribution in [0.5, 0.6) is 0 Å². The van der Waals surface area contributed by atoms with Gasteiger partial charge in [-0.2, -0.15) is 5.10 Å². The van der Waals surface area contributed by atoms with Crippen molar-refractivity contribution >= 4 is 0 Å². The highest BCUT2D eigenvalue weighted by molar-refractivity contribution is 5.20. The normalized spacial score (nSPS) is 13.8. The van der Waals surface area contributed by atoms with Crippen molar-refractivity contribution in [2.24, 2.45) is 24.6 Å². The SMILES string of the molecule is Cc1nn(C)cc1C(CN)N(CC(C)C)CC(C)C. The van der Waals surface area contributed by atoms with Crippen molar-refractivity contribution in [1.82, 2.24) is 14.7 Å². The molecule has 1 aromatic heterocycles. The molecule has 0 amide bonds. The fourth-order valence-electron chi connectivity index (χ4n) is 2.68. The van der Waals surface area contributed by atoms with Gasteiger partial charge in [-0.25, -0.2) is 0 Å². The lowest BCUT2D eigenvalue weighted by Crippen LogP contribution is -2.38. The predicted molar refractivity (Wildman–Crippen MR) is 81.0 cm³/mol. The van der Waals surface area contributed by atoms with Gasteiger partial charge in [-0.1, -0.05) is 27.7 Å². The molecule has 0 saturated heterocycles. The van der Waals surface area contributed by atoms with Crippen molar-refractivity contribution in [2.45, 2.75) is 40.7 Å². The molecule has 0 bridgehead atoms. The van der Waals surface area contributed by atoms with Crippen LogP contribution in [0.15, 0.2) is 6.20 Å². The molecule has 0 fully saturated rings. The molecule has 1 rings (SSSR count). The molecule has 4 heteroatoms. The number of hydrogen-bond acceptors (Lipinski definition) is 3. The average Bonchev–Trinajstić information content (AvgIpc) is 2.57. The molecule has 0 saturated carbocycles. The van der Waals surface area contributed by atoms with E-state index in [9.17, 15) is 0 Å². The van der Waals surface area contributed by atoms with Crippen LogP contribution >= 0.6 is 0 Å². The quantitative estimate of drug-likeness (QED) is 0.824. The Hall–Kier alpha value is -0.870. The highest BCUT2D eigenvalue weighted by atomic mass is 15.3. The van der Waals surface area contributed by atoms with E-state index in [1.807, 2.05) is 11.7 Å². The first-order valence-corrected chi connectivity index (χ1v) is 7.29. The molecule has 1 unspecified atom stereocenters. The highest BCUT2D eigenvalue weighted by Crippen LogP contribution is 2.24. The zero-order chi connectivity index (χ0) is 14.6. The Labute approximate surface area is 118 Å². The Balaban J connectivity index is 2.97. The molecular formula is C15H30N4. The van der Waals surface area contributed by atoms with Gasteiger partial charge in [-0.15, -0.1) is 0 Å². The van der Waals surface area contributed by atoms with E-state index in [0.29, 0.717) is 18.4 Å². The first kappa shape index (κ1) is 16.2. The van der Waals surface area contributed by atoms with Gasteiger partial charge in [0.25, 0.3) is 0 Å². The maximum atomic E-state index is 6.06. The Morgan fingerprint density at radius 1 is 1.21 bits per heavy atom. The van der Waals surface area contributed by atoms with Crippen LogP contribution in [0.1, 0.15) is 45.0 Å². The summed E-state index contributed by atoms with van der Waals surface area (Å²) in [5.74, 6) is 1.29. The number of hydrogen-bond donors (Lipinski definition) is 1. The Kier molecular flexibility index (Phi) is 6.01. The van der Waals surface area contributed by atoms with Crippen LogP contribution in [0.3, 0.4) is 0 Å². The zero-order valence-electron chi connectivity index (χ0n) is 13.3. The molecule has 1 atom stereocenters. The molecule has 0 radical (unpaired) electrons. The van der Waals surface area contributed by atoms with E-state index < -0.39 is 0 Å². The third-order valence-corrected chi connectivity index (χ3v) is 3.27. The summed E-state index contributed by atoms with van der Waals surface area (Å²) in [5.41, 5.74) is 8.42. The van der Waals surface area contributed by atoms with E-state index in [1.54, 1.807) is 0 Å². The number of nitrogens with zero attached hydrogens (tertiary/aromatic N) is 3. The van der Waals surface area contributed by atoms with Gasteiger partial charge in [-0.05, 0) is 18.8 Å². The largest absolute Gasteiger partial charge is 0.329 e. The molecule has 0 aliphatic carbocycles. The molecule has 1 aromatic rings. The van der Waals surface area contributed by atoms with Gasteiger partial charge in [0.05, 0.1) is 11.7 Å². The van der Waals surface area contributed by atoms with Crippen LogP contribution in [-0.4, -0.2) is 34.3 Å². The molecule has 0 spiro atoms. The first-order chi connectivity index (χ1) is 8.85. The number of nitrogens with two attached hydrogens (primary N) is 1. The van der Waals surface area contributed by atoms with Crippen molar-refractivity contribution in [1.29, 1.82) is 0 Å². The molecule has 0 aromatic carbocycles. The summed E-state index contributed by atoms with van der Waals surface area (Å²) in [6.07, 6.45) is 2.11. The second-order valence-electron chi connectivity index (χ2n) is 6.34. The van der Waals surface area contributed by atoms with Crippen molar-refractivity contribution in [3.05, 3.63) is 17.5 Å². The number of rotatable bonds is 7. The molecule has 4 nitrogen and oxygen atoms in total. The number of aryl methyl sites for hydroxylation is 2. The van der Waals surface area contributed by atoms with Crippen LogP contribution < -0.4 is 5.73 Å². The Morgan fingerprint density at radius 3 is 2.05 bits per heavy atom. The van der Waals surface area contributed by atoms with Gasteiger partial charge in [-0.3, -0.25) is 9.58 Å². The fourth-order valence-corrected chi connectivity index (χ4v) is 2.68. The smallest absolute Gasteiger partial charge is 0.0641 e. The van der Waals surface area contributed by atoms with E-state index in [2.05, 4.69) is 50.8 Å². The summed E-state index contributed by atoms with van der Waals surface area (Å²) in [7, 11) is 1.97. The van der Waals surface area contributed by atoms with E-state index >= 15 is 0 Å².